The summed E-state index contributed by atoms with van der Waals surface area (Å²) in [5, 5.41) is 10.3. The van der Waals surface area contributed by atoms with Crippen molar-refractivity contribution in [3.8, 4) is 0 Å². The highest BCUT2D eigenvalue weighted by atomic mass is 31.2. The zero-order valence-corrected chi connectivity index (χ0v) is 38.0. The van der Waals surface area contributed by atoms with Crippen molar-refractivity contribution in [2.24, 2.45) is 0 Å². The highest BCUT2D eigenvalue weighted by Crippen LogP contribution is 2.43. The molecule has 0 heterocycles. The Morgan fingerprint density at radius 3 is 1.76 bits per heavy atom. The molecule has 9 nitrogen and oxygen atoms in total. The smallest absolute Gasteiger partial charge is 0.472 e. The van der Waals surface area contributed by atoms with Gasteiger partial charge >= 0.3 is 13.8 Å². The molecule has 0 aromatic carbocycles. The van der Waals surface area contributed by atoms with Crippen molar-refractivity contribution in [3.63, 3.8) is 0 Å². The number of aliphatic hydroxyl groups is 1. The van der Waals surface area contributed by atoms with Crippen LogP contribution in [-0.2, 0) is 27.9 Å². The first-order valence-corrected chi connectivity index (χ1v) is 23.6. The Morgan fingerprint density at radius 2 is 1.19 bits per heavy atom. The number of likely N-dealkylation sites (N-methyl/N-ethyl adjacent to an activating group) is 1. The minimum Gasteiger partial charge on any atom is -0.492 e. The lowest BCUT2D eigenvalue weighted by atomic mass is 10.1. The molecule has 0 radical (unpaired) electrons. The van der Waals surface area contributed by atoms with Gasteiger partial charge in [0.2, 0.25) is 0 Å². The Bertz CT molecular complexity index is 1260. The molecule has 0 bridgehead atoms. The van der Waals surface area contributed by atoms with Crippen molar-refractivity contribution in [1.82, 2.24) is 0 Å². The second-order valence-electron chi connectivity index (χ2n) is 15.6. The number of nitrogens with zero attached hydrogens (tertiary/aromatic N) is 1. The topological polar surface area (TPSA) is 112 Å². The molecule has 0 aliphatic heterocycles. The number of esters is 1. The average molecular weight is 833 g/mol. The molecule has 0 saturated carbocycles. The predicted molar refractivity (Wildman–Crippen MR) is 243 cm³/mol. The molecule has 0 amide bonds. The van der Waals surface area contributed by atoms with Gasteiger partial charge in [0.1, 0.15) is 19.8 Å². The average Bonchev–Trinajstić information content (AvgIpc) is 3.18. The fourth-order valence-electron chi connectivity index (χ4n) is 5.29. The van der Waals surface area contributed by atoms with E-state index in [2.05, 4.69) is 74.6 Å². The number of phosphoric acid groups is 1. The lowest BCUT2D eigenvalue weighted by Gasteiger charge is -2.24. The summed E-state index contributed by atoms with van der Waals surface area (Å²) in [5.41, 5.74) is 0. The highest BCUT2D eigenvalue weighted by molar-refractivity contribution is 7.47. The summed E-state index contributed by atoms with van der Waals surface area (Å²) in [6, 6.07) is 0. The lowest BCUT2D eigenvalue weighted by molar-refractivity contribution is -0.870. The van der Waals surface area contributed by atoms with Gasteiger partial charge in [-0.1, -0.05) is 144 Å². The molecule has 0 aliphatic carbocycles. The van der Waals surface area contributed by atoms with E-state index in [1.54, 1.807) is 18.4 Å². The van der Waals surface area contributed by atoms with Gasteiger partial charge in [-0.2, -0.15) is 0 Å². The molecule has 2 unspecified atom stereocenters. The molecule has 10 heteroatoms. The molecular weight excluding hydrogens is 750 g/mol. The molecule has 58 heavy (non-hydrogen) atoms. The number of allylic oxidation sites excluding steroid dienone is 14. The highest BCUT2D eigenvalue weighted by Gasteiger charge is 2.25. The summed E-state index contributed by atoms with van der Waals surface area (Å²) in [6.45, 7) is 4.47. The maximum absolute atomic E-state index is 12.5. The fourth-order valence-corrected chi connectivity index (χ4v) is 6.03. The molecular formula is C48H83NO8P+. The number of carbonyl (C=O) groups excluding carboxylic acids is 1. The molecule has 0 spiro atoms. The van der Waals surface area contributed by atoms with Gasteiger partial charge in [0.05, 0.1) is 40.1 Å². The molecule has 0 fully saturated rings. The molecule has 2 N–H and O–H groups in total. The van der Waals surface area contributed by atoms with Crippen molar-refractivity contribution < 1.29 is 42.4 Å². The molecule has 0 aromatic rings. The number of phosphoric ester groups is 1. The van der Waals surface area contributed by atoms with Crippen LogP contribution in [0.5, 0.6) is 0 Å². The zero-order valence-electron chi connectivity index (χ0n) is 37.1. The number of quaternary nitrogens is 1. The van der Waals surface area contributed by atoms with E-state index in [4.69, 9.17) is 18.5 Å². The van der Waals surface area contributed by atoms with Crippen molar-refractivity contribution >= 4 is 13.8 Å². The van der Waals surface area contributed by atoms with E-state index in [1.807, 2.05) is 39.4 Å². The number of rotatable bonds is 39. The fraction of sp³-hybridized carbons (Fsp3) is 0.646. The van der Waals surface area contributed by atoms with Gasteiger partial charge in [0.25, 0.3) is 0 Å². The summed E-state index contributed by atoms with van der Waals surface area (Å²) < 4.78 is 34.5. The summed E-state index contributed by atoms with van der Waals surface area (Å²) in [6.07, 6.45) is 51.6. The second-order valence-corrected chi connectivity index (χ2v) is 17.1. The van der Waals surface area contributed by atoms with E-state index in [-0.39, 0.29) is 32.7 Å². The Morgan fingerprint density at radius 1 is 0.655 bits per heavy atom. The Balaban J connectivity index is 4.55. The van der Waals surface area contributed by atoms with Gasteiger partial charge in [-0.3, -0.25) is 13.8 Å². The van der Waals surface area contributed by atoms with E-state index < -0.39 is 26.0 Å². The van der Waals surface area contributed by atoms with Crippen LogP contribution in [0.2, 0.25) is 0 Å². The Labute approximate surface area is 354 Å². The Hall–Kier alpha value is -2.78. The van der Waals surface area contributed by atoms with Crippen LogP contribution in [0, 0.1) is 0 Å². The van der Waals surface area contributed by atoms with Gasteiger partial charge in [-0.25, -0.2) is 4.57 Å². The largest absolute Gasteiger partial charge is 0.492 e. The first-order valence-electron chi connectivity index (χ1n) is 22.1. The van der Waals surface area contributed by atoms with Crippen LogP contribution < -0.4 is 0 Å². The third-order valence-electron chi connectivity index (χ3n) is 8.84. The lowest BCUT2D eigenvalue weighted by Crippen LogP contribution is -2.37. The molecule has 332 valence electrons. The quantitative estimate of drug-likeness (QED) is 0.0120. The number of ether oxygens (including phenoxy) is 2. The summed E-state index contributed by atoms with van der Waals surface area (Å²) >= 11 is 0. The predicted octanol–water partition coefficient (Wildman–Crippen LogP) is 12.4. The van der Waals surface area contributed by atoms with Gasteiger partial charge < -0.3 is 24.0 Å². The number of carbonyl (C=O) groups is 1. The van der Waals surface area contributed by atoms with Crippen molar-refractivity contribution in [2.75, 3.05) is 47.5 Å². The summed E-state index contributed by atoms with van der Waals surface area (Å²) in [5.74, 6) is -0.510. The second kappa shape index (κ2) is 39.7. The van der Waals surface area contributed by atoms with Gasteiger partial charge in [-0.15, -0.1) is 0 Å². The molecule has 3 atom stereocenters. The van der Waals surface area contributed by atoms with Gasteiger partial charge in [0, 0.05) is 6.42 Å². The maximum Gasteiger partial charge on any atom is 0.472 e. The zero-order chi connectivity index (χ0) is 42.8. The van der Waals surface area contributed by atoms with Crippen LogP contribution in [0.4, 0.5) is 0 Å². The molecule has 0 saturated heterocycles. The molecule has 0 rings (SSSR count). The Kier molecular flexibility index (Phi) is 37.8. The molecule has 0 aromatic heterocycles. The standard InChI is InChI=1S/C48H82NO8P/c1-6-8-10-12-14-16-18-20-22-24-26-28-30-32-34-36-38-46(50)39-40-48(51)55-44-47(45-57-58(52,53)56-43-41-49(3,4)5)54-42-37-35-33-31-29-27-25-23-21-19-17-15-13-11-9-7-2/h8,10,14,16-17,19-20,22,26,28,32,34,36-38,42,46-47,50H,6-7,9,11-13,15,18,21,23-25,27,29-31,33,35,39-41,43-45H2,1-5H3/p+1/b10-8-,16-14-,19-17-,22-20-,28-26-,34-32-,38-36-,42-37+/t46?,47-/m1/s1. The summed E-state index contributed by atoms with van der Waals surface area (Å²) in [4.78, 5) is 22.7. The third kappa shape index (κ3) is 42.8. The normalized spacial score (nSPS) is 15.2. The number of unbranched alkanes of at least 4 members (excludes halogenated alkanes) is 11. The number of hydrogen-bond donors (Lipinski definition) is 2. The van der Waals surface area contributed by atoms with E-state index in [0.29, 0.717) is 11.0 Å². The van der Waals surface area contributed by atoms with Gasteiger partial charge in [0.15, 0.2) is 6.10 Å². The van der Waals surface area contributed by atoms with Crippen molar-refractivity contribution in [1.29, 1.82) is 0 Å². The van der Waals surface area contributed by atoms with Crippen molar-refractivity contribution in [3.05, 3.63) is 97.4 Å². The van der Waals surface area contributed by atoms with E-state index in [0.717, 1.165) is 51.4 Å². The number of hydrogen-bond acceptors (Lipinski definition) is 7. The SMILES string of the molecule is CC/C=C\C/C=C\C/C=C\C/C=C\C/C=C\C=C/C(O)CCC(=O)OC[C@H](COP(=O)(O)OCC[N+](C)(C)C)O/C=C/CCCCCCCC/C=C\CCCCCC. The molecule has 0 aliphatic rings. The van der Waals surface area contributed by atoms with Crippen molar-refractivity contribution in [2.45, 2.75) is 154 Å². The minimum absolute atomic E-state index is 0.00305. The van der Waals surface area contributed by atoms with Crippen LogP contribution in [-0.4, -0.2) is 80.2 Å². The third-order valence-corrected chi connectivity index (χ3v) is 9.82. The van der Waals surface area contributed by atoms with Crippen LogP contribution in [0.3, 0.4) is 0 Å². The maximum atomic E-state index is 12.5. The minimum atomic E-state index is -4.33. The monoisotopic (exact) mass is 833 g/mol. The summed E-state index contributed by atoms with van der Waals surface area (Å²) in [7, 11) is 1.53. The number of aliphatic hydroxyl groups excluding tert-OH is 1. The van der Waals surface area contributed by atoms with Crippen LogP contribution in [0.25, 0.3) is 0 Å². The van der Waals surface area contributed by atoms with E-state index in [1.165, 1.54) is 64.2 Å². The van der Waals surface area contributed by atoms with Crippen LogP contribution in [0.15, 0.2) is 97.4 Å². The van der Waals surface area contributed by atoms with Gasteiger partial charge in [-0.05, 0) is 83.1 Å². The van der Waals surface area contributed by atoms with E-state index >= 15 is 0 Å². The first-order chi connectivity index (χ1) is 28.0. The van der Waals surface area contributed by atoms with Crippen LogP contribution >= 0.6 is 7.82 Å². The first kappa shape index (κ1) is 55.2. The van der Waals surface area contributed by atoms with Crippen LogP contribution in [0.1, 0.15) is 142 Å². The van der Waals surface area contributed by atoms with E-state index in [9.17, 15) is 19.4 Å².